The Morgan fingerprint density at radius 3 is 1.75 bits per heavy atom. The van der Waals surface area contributed by atoms with Crippen molar-refractivity contribution in [3.63, 3.8) is 0 Å². The normalized spacial score (nSPS) is 11.2. The van der Waals surface area contributed by atoms with Crippen molar-refractivity contribution in [2.24, 2.45) is 5.73 Å². The summed E-state index contributed by atoms with van der Waals surface area (Å²) < 4.78 is 37.3. The summed E-state index contributed by atoms with van der Waals surface area (Å²) in [5.41, 5.74) is 6.85. The standard InChI is InChI=1S/C14H11F3N2S/c15-14(16,17)10-3-7-12(8-4-10)19-11-5-1-9(2-6-11)13(18)20/h1-8,19H,(H2,18,20). The van der Waals surface area contributed by atoms with Crippen molar-refractivity contribution in [1.82, 2.24) is 0 Å². The van der Waals surface area contributed by atoms with Crippen LogP contribution in [0.5, 0.6) is 0 Å². The molecule has 0 fully saturated rings. The van der Waals surface area contributed by atoms with E-state index < -0.39 is 11.7 Å². The quantitative estimate of drug-likeness (QED) is 0.838. The number of alkyl halides is 3. The number of anilines is 2. The van der Waals surface area contributed by atoms with Crippen LogP contribution in [-0.2, 0) is 6.18 Å². The third kappa shape index (κ3) is 3.48. The second-order valence-electron chi connectivity index (χ2n) is 4.14. The fraction of sp³-hybridized carbons (Fsp3) is 0.0714. The second kappa shape index (κ2) is 5.50. The maximum Gasteiger partial charge on any atom is 0.416 e. The highest BCUT2D eigenvalue weighted by Gasteiger charge is 2.29. The fourth-order valence-electron chi connectivity index (χ4n) is 1.63. The summed E-state index contributed by atoms with van der Waals surface area (Å²) in [6.45, 7) is 0. The first-order valence-corrected chi connectivity index (χ1v) is 6.11. The summed E-state index contributed by atoms with van der Waals surface area (Å²) in [7, 11) is 0. The lowest BCUT2D eigenvalue weighted by Gasteiger charge is -2.10. The third-order valence-electron chi connectivity index (χ3n) is 2.67. The molecule has 0 aliphatic heterocycles. The molecule has 0 radical (unpaired) electrons. The average molecular weight is 296 g/mol. The van der Waals surface area contributed by atoms with Crippen LogP contribution in [0.15, 0.2) is 48.5 Å². The molecule has 3 N–H and O–H groups in total. The topological polar surface area (TPSA) is 38.0 Å². The van der Waals surface area contributed by atoms with Crippen molar-refractivity contribution in [2.75, 3.05) is 5.32 Å². The summed E-state index contributed by atoms with van der Waals surface area (Å²) in [5, 5.41) is 3.00. The van der Waals surface area contributed by atoms with Gasteiger partial charge in [0.2, 0.25) is 0 Å². The van der Waals surface area contributed by atoms with Crippen molar-refractivity contribution in [3.8, 4) is 0 Å². The van der Waals surface area contributed by atoms with Gasteiger partial charge >= 0.3 is 6.18 Å². The van der Waals surface area contributed by atoms with Crippen molar-refractivity contribution in [1.29, 1.82) is 0 Å². The molecule has 0 heterocycles. The first-order valence-electron chi connectivity index (χ1n) is 5.70. The lowest BCUT2D eigenvalue weighted by atomic mass is 10.2. The minimum absolute atomic E-state index is 0.297. The molecule has 2 nitrogen and oxygen atoms in total. The van der Waals surface area contributed by atoms with E-state index in [9.17, 15) is 13.2 Å². The fourth-order valence-corrected chi connectivity index (χ4v) is 1.76. The molecule has 0 aromatic heterocycles. The number of hydrogen-bond donors (Lipinski definition) is 2. The molecule has 0 spiro atoms. The van der Waals surface area contributed by atoms with E-state index in [1.807, 2.05) is 0 Å². The molecule has 20 heavy (non-hydrogen) atoms. The maximum absolute atomic E-state index is 12.4. The van der Waals surface area contributed by atoms with Gasteiger partial charge in [0.05, 0.1) is 5.56 Å². The van der Waals surface area contributed by atoms with Gasteiger partial charge in [-0.05, 0) is 48.5 Å². The Morgan fingerprint density at radius 1 is 0.900 bits per heavy atom. The van der Waals surface area contributed by atoms with E-state index in [1.165, 1.54) is 12.1 Å². The summed E-state index contributed by atoms with van der Waals surface area (Å²) in [5.74, 6) is 0. The molecule has 0 atom stereocenters. The highest BCUT2D eigenvalue weighted by Crippen LogP contribution is 2.30. The number of thiocarbonyl (C=S) groups is 1. The van der Waals surface area contributed by atoms with Crippen LogP contribution >= 0.6 is 12.2 Å². The van der Waals surface area contributed by atoms with Gasteiger partial charge in [0.15, 0.2) is 0 Å². The highest BCUT2D eigenvalue weighted by atomic mass is 32.1. The molecule has 0 saturated carbocycles. The molecule has 104 valence electrons. The summed E-state index contributed by atoms with van der Waals surface area (Å²) in [6, 6.07) is 11.8. The summed E-state index contributed by atoms with van der Waals surface area (Å²) in [4.78, 5) is 0.297. The predicted octanol–water partition coefficient (Wildman–Crippen LogP) is 4.08. The first-order chi connectivity index (χ1) is 9.36. The van der Waals surface area contributed by atoms with Gasteiger partial charge in [-0.25, -0.2) is 0 Å². The molecule has 2 aromatic rings. The van der Waals surface area contributed by atoms with E-state index in [4.69, 9.17) is 18.0 Å². The van der Waals surface area contributed by atoms with Crippen LogP contribution in [0.4, 0.5) is 24.5 Å². The van der Waals surface area contributed by atoms with Gasteiger partial charge in [-0.1, -0.05) is 12.2 Å². The van der Waals surface area contributed by atoms with E-state index in [2.05, 4.69) is 5.32 Å². The SMILES string of the molecule is NC(=S)c1ccc(Nc2ccc(C(F)(F)F)cc2)cc1. The van der Waals surface area contributed by atoms with Gasteiger partial charge in [0, 0.05) is 16.9 Å². The average Bonchev–Trinajstić information content (AvgIpc) is 2.39. The molecule has 2 aromatic carbocycles. The van der Waals surface area contributed by atoms with Gasteiger partial charge in [0.1, 0.15) is 4.99 Å². The largest absolute Gasteiger partial charge is 0.416 e. The summed E-state index contributed by atoms with van der Waals surface area (Å²) >= 11 is 4.84. The number of halogens is 3. The van der Waals surface area contributed by atoms with Crippen LogP contribution in [0.3, 0.4) is 0 Å². The van der Waals surface area contributed by atoms with Crippen LogP contribution < -0.4 is 11.1 Å². The minimum Gasteiger partial charge on any atom is -0.389 e. The zero-order chi connectivity index (χ0) is 14.8. The number of benzene rings is 2. The van der Waals surface area contributed by atoms with Gasteiger partial charge in [0.25, 0.3) is 0 Å². The van der Waals surface area contributed by atoms with E-state index >= 15 is 0 Å². The monoisotopic (exact) mass is 296 g/mol. The first kappa shape index (κ1) is 14.3. The molecule has 0 aliphatic rings. The van der Waals surface area contributed by atoms with E-state index in [1.54, 1.807) is 24.3 Å². The van der Waals surface area contributed by atoms with Crippen LogP contribution in [0.2, 0.25) is 0 Å². The van der Waals surface area contributed by atoms with Crippen molar-refractivity contribution < 1.29 is 13.2 Å². The number of rotatable bonds is 3. The van der Waals surface area contributed by atoms with Crippen molar-refractivity contribution in [2.45, 2.75) is 6.18 Å². The lowest BCUT2D eigenvalue weighted by molar-refractivity contribution is -0.137. The predicted molar refractivity (Wildman–Crippen MR) is 77.1 cm³/mol. The smallest absolute Gasteiger partial charge is 0.389 e. The Labute approximate surface area is 119 Å². The molecule has 0 unspecified atom stereocenters. The Bertz CT molecular complexity index is 604. The van der Waals surface area contributed by atoms with E-state index in [0.29, 0.717) is 10.7 Å². The Kier molecular flexibility index (Phi) is 3.94. The van der Waals surface area contributed by atoms with Crippen molar-refractivity contribution >= 4 is 28.6 Å². The van der Waals surface area contributed by atoms with Gasteiger partial charge in [-0.15, -0.1) is 0 Å². The Hall–Kier alpha value is -2.08. The van der Waals surface area contributed by atoms with Gasteiger partial charge < -0.3 is 11.1 Å². The molecule has 0 amide bonds. The lowest BCUT2D eigenvalue weighted by Crippen LogP contribution is -2.08. The highest BCUT2D eigenvalue weighted by molar-refractivity contribution is 7.80. The molecular weight excluding hydrogens is 285 g/mol. The molecule has 0 bridgehead atoms. The number of nitrogens with two attached hydrogens (primary N) is 1. The van der Waals surface area contributed by atoms with Crippen LogP contribution in [0, 0.1) is 0 Å². The van der Waals surface area contributed by atoms with Gasteiger partial charge in [-0.3, -0.25) is 0 Å². The molecule has 0 saturated heterocycles. The van der Waals surface area contributed by atoms with E-state index in [-0.39, 0.29) is 0 Å². The second-order valence-corrected chi connectivity index (χ2v) is 4.58. The van der Waals surface area contributed by atoms with E-state index in [0.717, 1.165) is 23.4 Å². The summed E-state index contributed by atoms with van der Waals surface area (Å²) in [6.07, 6.45) is -4.32. The van der Waals surface area contributed by atoms with Gasteiger partial charge in [-0.2, -0.15) is 13.2 Å². The minimum atomic E-state index is -4.32. The number of hydrogen-bond acceptors (Lipinski definition) is 2. The maximum atomic E-state index is 12.4. The van der Waals surface area contributed by atoms with Crippen LogP contribution in [0.25, 0.3) is 0 Å². The molecular formula is C14H11F3N2S. The molecule has 6 heteroatoms. The van der Waals surface area contributed by atoms with Crippen LogP contribution in [-0.4, -0.2) is 4.99 Å². The third-order valence-corrected chi connectivity index (χ3v) is 2.91. The van der Waals surface area contributed by atoms with Crippen molar-refractivity contribution in [3.05, 3.63) is 59.7 Å². The Morgan fingerprint density at radius 2 is 1.35 bits per heavy atom. The number of nitrogens with one attached hydrogen (secondary N) is 1. The zero-order valence-corrected chi connectivity index (χ0v) is 11.1. The zero-order valence-electron chi connectivity index (χ0n) is 10.2. The Balaban J connectivity index is 2.12. The molecule has 0 aliphatic carbocycles. The molecule has 2 rings (SSSR count). The van der Waals surface area contributed by atoms with Crippen LogP contribution in [0.1, 0.15) is 11.1 Å².